The summed E-state index contributed by atoms with van der Waals surface area (Å²) in [5, 5.41) is 11.7. The van der Waals surface area contributed by atoms with Gasteiger partial charge in [0.25, 0.3) is 0 Å². The third kappa shape index (κ3) is 2.65. The fraction of sp³-hybridized carbons (Fsp3) is 0.364. The Labute approximate surface area is 113 Å². The van der Waals surface area contributed by atoms with Gasteiger partial charge in [0.2, 0.25) is 0 Å². The number of hydrogen-bond acceptors (Lipinski definition) is 3. The zero-order chi connectivity index (χ0) is 12.4. The van der Waals surface area contributed by atoms with E-state index in [0.717, 1.165) is 16.9 Å². The first kappa shape index (κ1) is 12.9. The summed E-state index contributed by atoms with van der Waals surface area (Å²) in [7, 11) is 0. The van der Waals surface area contributed by atoms with Crippen molar-refractivity contribution in [1.82, 2.24) is 4.90 Å². The third-order valence-corrected chi connectivity index (χ3v) is 4.37. The summed E-state index contributed by atoms with van der Waals surface area (Å²) in [5.41, 5.74) is 2.16. The van der Waals surface area contributed by atoms with Gasteiger partial charge in [-0.05, 0) is 23.4 Å². The van der Waals surface area contributed by atoms with Gasteiger partial charge in [-0.3, -0.25) is 9.69 Å². The lowest BCUT2D eigenvalue weighted by Gasteiger charge is -2.32. The van der Waals surface area contributed by atoms with Gasteiger partial charge in [-0.25, -0.2) is 0 Å². The van der Waals surface area contributed by atoms with Gasteiger partial charge < -0.3 is 5.11 Å². The Morgan fingerprint density at radius 2 is 2.47 bits per heavy atom. The second-order valence-corrected chi connectivity index (χ2v) is 5.52. The molecule has 1 aromatic heterocycles. The molecule has 0 saturated carbocycles. The number of fused-ring (bicyclic) bond motifs is 1. The highest BCUT2D eigenvalue weighted by atomic mass is 35.5. The first-order valence-electron chi connectivity index (χ1n) is 5.11. The van der Waals surface area contributed by atoms with Crippen molar-refractivity contribution >= 4 is 40.5 Å². The van der Waals surface area contributed by atoms with E-state index >= 15 is 0 Å². The minimum atomic E-state index is -0.844. The lowest BCUT2D eigenvalue weighted by atomic mass is 10.0. The number of rotatable bonds is 3. The highest BCUT2D eigenvalue weighted by Gasteiger charge is 2.33. The summed E-state index contributed by atoms with van der Waals surface area (Å²) >= 11 is 13.0. The average Bonchev–Trinajstić information content (AvgIpc) is 2.75. The number of aliphatic carboxylic acids is 1. The van der Waals surface area contributed by atoms with Crippen LogP contribution >= 0.6 is 34.5 Å². The molecule has 0 aliphatic carbocycles. The summed E-state index contributed by atoms with van der Waals surface area (Å²) in [6, 6.07) is 1.26. The fourth-order valence-electron chi connectivity index (χ4n) is 2.06. The Balaban J connectivity index is 2.27. The van der Waals surface area contributed by atoms with E-state index in [2.05, 4.69) is 0 Å². The number of carboxylic acids is 1. The Kier molecular flexibility index (Phi) is 4.09. The zero-order valence-corrected chi connectivity index (χ0v) is 11.2. The Morgan fingerprint density at radius 1 is 1.71 bits per heavy atom. The van der Waals surface area contributed by atoms with Crippen molar-refractivity contribution in [3.8, 4) is 0 Å². The fourth-order valence-corrected chi connectivity index (χ4v) is 3.18. The van der Waals surface area contributed by atoms with Gasteiger partial charge in [0, 0.05) is 28.5 Å². The Hall–Kier alpha value is -0.550. The van der Waals surface area contributed by atoms with Gasteiger partial charge >= 0.3 is 5.97 Å². The van der Waals surface area contributed by atoms with Crippen LogP contribution < -0.4 is 0 Å². The van der Waals surface area contributed by atoms with Crippen molar-refractivity contribution in [1.29, 1.82) is 0 Å². The van der Waals surface area contributed by atoms with Crippen LogP contribution in [-0.2, 0) is 11.2 Å². The molecule has 0 bridgehead atoms. The summed E-state index contributed by atoms with van der Waals surface area (Å²) in [6.45, 7) is 1.06. The van der Waals surface area contributed by atoms with Gasteiger partial charge in [0.15, 0.2) is 0 Å². The van der Waals surface area contributed by atoms with E-state index in [1.54, 1.807) is 11.3 Å². The molecule has 1 N–H and O–H groups in total. The van der Waals surface area contributed by atoms with Crippen LogP contribution in [0.5, 0.6) is 0 Å². The van der Waals surface area contributed by atoms with Gasteiger partial charge in [0.1, 0.15) is 6.04 Å². The molecule has 2 heterocycles. The number of nitrogens with zero attached hydrogens (tertiary/aromatic N) is 1. The number of carboxylic acid groups (broad SMARTS) is 1. The van der Waals surface area contributed by atoms with E-state index in [1.807, 2.05) is 16.3 Å². The summed E-state index contributed by atoms with van der Waals surface area (Å²) < 4.78 is 0. The van der Waals surface area contributed by atoms with Crippen molar-refractivity contribution < 1.29 is 9.90 Å². The van der Waals surface area contributed by atoms with Gasteiger partial charge in [-0.15, -0.1) is 11.3 Å². The molecule has 92 valence electrons. The van der Waals surface area contributed by atoms with Crippen molar-refractivity contribution in [2.45, 2.75) is 12.5 Å². The molecule has 1 aliphatic heterocycles. The predicted octanol–water partition coefficient (Wildman–Crippen LogP) is 3.05. The van der Waals surface area contributed by atoms with Crippen molar-refractivity contribution in [3.63, 3.8) is 0 Å². The number of hydrogen-bond donors (Lipinski definition) is 1. The van der Waals surface area contributed by atoms with E-state index in [0.29, 0.717) is 18.1 Å². The molecule has 3 nitrogen and oxygen atoms in total. The Bertz CT molecular complexity index is 458. The van der Waals surface area contributed by atoms with Crippen LogP contribution in [-0.4, -0.2) is 29.1 Å². The maximum absolute atomic E-state index is 11.4. The quantitative estimate of drug-likeness (QED) is 0.931. The minimum absolute atomic E-state index is 0.372. The highest BCUT2D eigenvalue weighted by Crippen LogP contribution is 2.34. The second-order valence-electron chi connectivity index (χ2n) is 3.82. The molecule has 0 spiro atoms. The zero-order valence-electron chi connectivity index (χ0n) is 8.90. The topological polar surface area (TPSA) is 40.5 Å². The van der Waals surface area contributed by atoms with Crippen LogP contribution in [0, 0.1) is 0 Å². The van der Waals surface area contributed by atoms with E-state index < -0.39 is 12.0 Å². The molecule has 2 rings (SSSR count). The lowest BCUT2D eigenvalue weighted by Crippen LogP contribution is -2.39. The first-order valence-corrected chi connectivity index (χ1v) is 6.80. The molecular formula is C11H11Cl2NO2S. The maximum atomic E-state index is 11.4. The number of carbonyl (C=O) groups is 1. The van der Waals surface area contributed by atoms with Crippen LogP contribution in [0.1, 0.15) is 16.5 Å². The average molecular weight is 292 g/mol. The van der Waals surface area contributed by atoms with Crippen LogP contribution in [0.3, 0.4) is 0 Å². The molecule has 0 radical (unpaired) electrons. The van der Waals surface area contributed by atoms with E-state index in [1.165, 1.54) is 5.54 Å². The SMILES string of the molecule is O=C(O)C1c2ccsc2CCN1CC(Cl)=CCl. The summed E-state index contributed by atoms with van der Waals surface area (Å²) in [5.74, 6) is -0.844. The smallest absolute Gasteiger partial charge is 0.325 e. The number of thiophene rings is 1. The van der Waals surface area contributed by atoms with Crippen LogP contribution in [0.25, 0.3) is 0 Å². The minimum Gasteiger partial charge on any atom is -0.480 e. The van der Waals surface area contributed by atoms with Crippen molar-refractivity contribution in [2.24, 2.45) is 0 Å². The molecule has 1 atom stereocenters. The van der Waals surface area contributed by atoms with Crippen molar-refractivity contribution in [2.75, 3.05) is 13.1 Å². The standard InChI is InChI=1S/C11H11Cl2NO2S/c12-5-7(13)6-14-3-1-9-8(2-4-17-9)10(14)11(15)16/h2,4-5,10H,1,3,6H2,(H,15,16). The van der Waals surface area contributed by atoms with E-state index in [9.17, 15) is 9.90 Å². The molecule has 0 aromatic carbocycles. The molecule has 0 fully saturated rings. The molecule has 0 saturated heterocycles. The normalized spacial score (nSPS) is 21.3. The second kappa shape index (κ2) is 5.40. The highest BCUT2D eigenvalue weighted by molar-refractivity contribution is 7.10. The largest absolute Gasteiger partial charge is 0.480 e. The van der Waals surface area contributed by atoms with E-state index in [4.69, 9.17) is 23.2 Å². The molecule has 1 aromatic rings. The third-order valence-electron chi connectivity index (χ3n) is 2.77. The molecule has 1 aliphatic rings. The van der Waals surface area contributed by atoms with Gasteiger partial charge in [0.05, 0.1) is 0 Å². The van der Waals surface area contributed by atoms with E-state index in [-0.39, 0.29) is 0 Å². The molecule has 17 heavy (non-hydrogen) atoms. The lowest BCUT2D eigenvalue weighted by molar-refractivity contribution is -0.143. The van der Waals surface area contributed by atoms with Gasteiger partial charge in [-0.2, -0.15) is 0 Å². The monoisotopic (exact) mass is 291 g/mol. The Morgan fingerprint density at radius 3 is 3.12 bits per heavy atom. The summed E-state index contributed by atoms with van der Waals surface area (Å²) in [4.78, 5) is 14.3. The first-order chi connectivity index (χ1) is 8.13. The molecule has 1 unspecified atom stereocenters. The molecular weight excluding hydrogens is 281 g/mol. The molecule has 0 amide bonds. The van der Waals surface area contributed by atoms with Crippen LogP contribution in [0.2, 0.25) is 0 Å². The molecule has 6 heteroatoms. The van der Waals surface area contributed by atoms with Crippen LogP contribution in [0.4, 0.5) is 0 Å². The maximum Gasteiger partial charge on any atom is 0.325 e. The number of halogens is 2. The summed E-state index contributed by atoms with van der Waals surface area (Å²) in [6.07, 6.45) is 0.864. The van der Waals surface area contributed by atoms with Gasteiger partial charge in [-0.1, -0.05) is 23.2 Å². The van der Waals surface area contributed by atoms with Crippen LogP contribution in [0.15, 0.2) is 22.0 Å². The predicted molar refractivity (Wildman–Crippen MR) is 69.8 cm³/mol. The van der Waals surface area contributed by atoms with Crippen molar-refractivity contribution in [3.05, 3.63) is 32.5 Å².